The molecule has 0 fully saturated rings. The molecule has 0 aliphatic carbocycles. The van der Waals surface area contributed by atoms with Gasteiger partial charge in [-0.05, 0) is 42.5 Å². The second kappa shape index (κ2) is 10.4. The Labute approximate surface area is 212 Å². The highest BCUT2D eigenvalue weighted by molar-refractivity contribution is 6.30. The van der Waals surface area contributed by atoms with E-state index >= 15 is 0 Å². The van der Waals surface area contributed by atoms with Crippen molar-refractivity contribution < 1.29 is 18.7 Å². The molecule has 4 aromatic carbocycles. The fourth-order valence-corrected chi connectivity index (χ4v) is 3.78. The molecule has 5 rings (SSSR count). The number of hydrogen-bond acceptors (Lipinski definition) is 6. The molecule has 0 N–H and O–H groups in total. The third-order valence-electron chi connectivity index (χ3n) is 5.49. The van der Waals surface area contributed by atoms with Crippen LogP contribution in [0.2, 0.25) is 5.02 Å². The van der Waals surface area contributed by atoms with E-state index in [9.17, 15) is 9.59 Å². The molecule has 0 aliphatic heterocycles. The molecule has 36 heavy (non-hydrogen) atoms. The van der Waals surface area contributed by atoms with Crippen molar-refractivity contribution in [3.8, 4) is 22.9 Å². The van der Waals surface area contributed by atoms with Crippen LogP contribution in [-0.2, 0) is 4.74 Å². The van der Waals surface area contributed by atoms with Crippen molar-refractivity contribution in [2.24, 2.45) is 0 Å². The number of nitrogens with zero attached hydrogens (tertiary/aromatic N) is 2. The van der Waals surface area contributed by atoms with Gasteiger partial charge in [-0.2, -0.15) is 0 Å². The fourth-order valence-electron chi connectivity index (χ4n) is 3.66. The van der Waals surface area contributed by atoms with Crippen molar-refractivity contribution in [1.82, 2.24) is 10.2 Å². The van der Waals surface area contributed by atoms with Gasteiger partial charge in [-0.25, -0.2) is 4.79 Å². The summed E-state index contributed by atoms with van der Waals surface area (Å²) in [5.74, 6) is -0.372. The number of carbonyl (C=O) groups excluding carboxylic acids is 2. The minimum atomic E-state index is -1.14. The van der Waals surface area contributed by atoms with Crippen molar-refractivity contribution in [3.63, 3.8) is 0 Å². The molecule has 0 bridgehead atoms. The molecule has 176 valence electrons. The maximum absolute atomic E-state index is 13.3. The lowest BCUT2D eigenvalue weighted by atomic mass is 9.99. The summed E-state index contributed by atoms with van der Waals surface area (Å²) in [7, 11) is 0. The number of aromatic nitrogens is 2. The summed E-state index contributed by atoms with van der Waals surface area (Å²) >= 11 is 6.02. The molecule has 1 heterocycles. The Morgan fingerprint density at radius 1 is 0.694 bits per heavy atom. The topological polar surface area (TPSA) is 82.3 Å². The number of Topliss-reactive ketones (excluding diaryl/α,β-unsaturated/α-hetero) is 1. The maximum Gasteiger partial charge on any atom is 0.339 e. The van der Waals surface area contributed by atoms with E-state index in [1.165, 1.54) is 0 Å². The first-order chi connectivity index (χ1) is 17.6. The first-order valence-corrected chi connectivity index (χ1v) is 11.5. The first-order valence-electron chi connectivity index (χ1n) is 11.1. The largest absolute Gasteiger partial charge is 0.445 e. The van der Waals surface area contributed by atoms with Crippen molar-refractivity contribution >= 4 is 23.4 Å². The SMILES string of the molecule is O=C(OC(C(=O)c1ccccc1)c1ccc(Cl)cc1)c1cccc(-c2nnc(-c3ccccc3)o2)c1. The highest BCUT2D eigenvalue weighted by Crippen LogP contribution is 2.28. The monoisotopic (exact) mass is 494 g/mol. The highest BCUT2D eigenvalue weighted by atomic mass is 35.5. The van der Waals surface area contributed by atoms with Gasteiger partial charge in [-0.1, -0.05) is 78.3 Å². The lowest BCUT2D eigenvalue weighted by Crippen LogP contribution is -2.20. The average molecular weight is 495 g/mol. The summed E-state index contributed by atoms with van der Waals surface area (Å²) in [6.45, 7) is 0. The molecule has 0 aliphatic rings. The maximum atomic E-state index is 13.3. The summed E-state index contributed by atoms with van der Waals surface area (Å²) in [5.41, 5.74) is 2.53. The van der Waals surface area contributed by atoms with Gasteiger partial charge >= 0.3 is 5.97 Å². The predicted molar refractivity (Wildman–Crippen MR) is 136 cm³/mol. The van der Waals surface area contributed by atoms with Gasteiger partial charge in [0.2, 0.25) is 17.6 Å². The lowest BCUT2D eigenvalue weighted by Gasteiger charge is -2.18. The highest BCUT2D eigenvalue weighted by Gasteiger charge is 2.27. The van der Waals surface area contributed by atoms with Gasteiger partial charge in [0.15, 0.2) is 6.10 Å². The number of ether oxygens (including phenoxy) is 1. The van der Waals surface area contributed by atoms with Crippen LogP contribution in [0.1, 0.15) is 32.4 Å². The van der Waals surface area contributed by atoms with Gasteiger partial charge in [-0.15, -0.1) is 10.2 Å². The number of ketones is 1. The van der Waals surface area contributed by atoms with Crippen molar-refractivity contribution in [3.05, 3.63) is 131 Å². The summed E-state index contributed by atoms with van der Waals surface area (Å²) in [6.07, 6.45) is -1.14. The predicted octanol–water partition coefficient (Wildman–Crippen LogP) is 6.84. The van der Waals surface area contributed by atoms with Gasteiger partial charge in [-0.3, -0.25) is 4.79 Å². The molecule has 0 radical (unpaired) electrons. The van der Waals surface area contributed by atoms with Crippen molar-refractivity contribution in [1.29, 1.82) is 0 Å². The second-order valence-electron chi connectivity index (χ2n) is 7.93. The molecule has 1 atom stereocenters. The summed E-state index contributed by atoms with van der Waals surface area (Å²) < 4.78 is 11.6. The Morgan fingerprint density at radius 2 is 1.28 bits per heavy atom. The van der Waals surface area contributed by atoms with Gasteiger partial charge in [0, 0.05) is 27.3 Å². The van der Waals surface area contributed by atoms with Crippen molar-refractivity contribution in [2.45, 2.75) is 6.10 Å². The summed E-state index contributed by atoms with van der Waals surface area (Å²) in [5, 5.41) is 8.73. The van der Waals surface area contributed by atoms with E-state index in [-0.39, 0.29) is 17.2 Å². The van der Waals surface area contributed by atoms with Gasteiger partial charge < -0.3 is 9.15 Å². The normalized spacial score (nSPS) is 11.6. The van der Waals surface area contributed by atoms with E-state index in [4.69, 9.17) is 20.8 Å². The van der Waals surface area contributed by atoms with E-state index in [1.807, 2.05) is 36.4 Å². The van der Waals surface area contributed by atoms with Crippen LogP contribution in [0.15, 0.2) is 114 Å². The Bertz CT molecular complexity index is 1500. The summed E-state index contributed by atoms with van der Waals surface area (Å²) in [6, 6.07) is 31.3. The summed E-state index contributed by atoms with van der Waals surface area (Å²) in [4.78, 5) is 26.5. The third-order valence-corrected chi connectivity index (χ3v) is 5.74. The fraction of sp³-hybridized carbons (Fsp3) is 0.0345. The number of rotatable bonds is 7. The minimum absolute atomic E-state index is 0.242. The molecule has 1 aromatic heterocycles. The second-order valence-corrected chi connectivity index (χ2v) is 8.36. The zero-order valence-corrected chi connectivity index (χ0v) is 19.6. The van der Waals surface area contributed by atoms with Gasteiger partial charge in [0.25, 0.3) is 0 Å². The smallest absolute Gasteiger partial charge is 0.339 e. The van der Waals surface area contributed by atoms with Gasteiger partial charge in [0.05, 0.1) is 5.56 Å². The van der Waals surface area contributed by atoms with E-state index in [2.05, 4.69) is 10.2 Å². The van der Waals surface area contributed by atoms with Crippen LogP contribution in [0.4, 0.5) is 0 Å². The molecular formula is C29H19ClN2O4. The molecule has 0 saturated heterocycles. The molecular weight excluding hydrogens is 476 g/mol. The molecule has 6 nitrogen and oxygen atoms in total. The van der Waals surface area contributed by atoms with Crippen LogP contribution in [0.5, 0.6) is 0 Å². The molecule has 0 spiro atoms. The zero-order valence-electron chi connectivity index (χ0n) is 18.9. The van der Waals surface area contributed by atoms with Crippen LogP contribution in [0, 0.1) is 0 Å². The van der Waals surface area contributed by atoms with Crippen LogP contribution in [0.3, 0.4) is 0 Å². The first kappa shape index (κ1) is 23.2. The van der Waals surface area contributed by atoms with E-state index in [0.717, 1.165) is 5.56 Å². The standard InChI is InChI=1S/C29H19ClN2O4/c30-24-16-14-20(15-17-24)26(25(33)19-8-3-1-4-9-19)35-29(34)23-13-7-12-22(18-23)28-32-31-27(36-28)21-10-5-2-6-11-21/h1-18,26H. The number of benzene rings is 4. The number of halogens is 1. The number of esters is 1. The Balaban J connectivity index is 1.42. The molecule has 0 amide bonds. The molecule has 7 heteroatoms. The number of hydrogen-bond donors (Lipinski definition) is 0. The lowest BCUT2D eigenvalue weighted by molar-refractivity contribution is 0.0280. The van der Waals surface area contributed by atoms with Crippen LogP contribution in [-0.4, -0.2) is 21.9 Å². The molecule has 5 aromatic rings. The zero-order chi connectivity index (χ0) is 24.9. The minimum Gasteiger partial charge on any atom is -0.445 e. The number of carbonyl (C=O) groups is 2. The molecule has 1 unspecified atom stereocenters. The van der Waals surface area contributed by atoms with Crippen LogP contribution < -0.4 is 0 Å². The van der Waals surface area contributed by atoms with Crippen molar-refractivity contribution in [2.75, 3.05) is 0 Å². The Hall–Kier alpha value is -4.55. The quantitative estimate of drug-likeness (QED) is 0.182. The van der Waals surface area contributed by atoms with Crippen LogP contribution >= 0.6 is 11.6 Å². The van der Waals surface area contributed by atoms with E-state index < -0.39 is 12.1 Å². The third kappa shape index (κ3) is 5.09. The van der Waals surface area contributed by atoms with E-state index in [0.29, 0.717) is 27.6 Å². The molecule has 0 saturated carbocycles. The van der Waals surface area contributed by atoms with E-state index in [1.54, 1.807) is 72.8 Å². The Kier molecular flexibility index (Phi) is 6.69. The van der Waals surface area contributed by atoms with Crippen LogP contribution in [0.25, 0.3) is 22.9 Å². The Morgan fingerprint density at radius 3 is 1.97 bits per heavy atom. The average Bonchev–Trinajstić information content (AvgIpc) is 3.43. The van der Waals surface area contributed by atoms with Gasteiger partial charge in [0.1, 0.15) is 0 Å².